The Morgan fingerprint density at radius 1 is 0.935 bits per heavy atom. The van der Waals surface area contributed by atoms with Crippen molar-refractivity contribution in [3.8, 4) is 11.5 Å². The van der Waals surface area contributed by atoms with Gasteiger partial charge in [0.05, 0.1) is 17.1 Å². The first-order chi connectivity index (χ1) is 15.0. The van der Waals surface area contributed by atoms with Crippen LogP contribution in [0.5, 0.6) is 11.5 Å². The minimum absolute atomic E-state index is 0.0551. The Bertz CT molecular complexity index is 1140. The summed E-state index contributed by atoms with van der Waals surface area (Å²) in [6.45, 7) is 4.11. The molecule has 0 N–H and O–H groups in total. The summed E-state index contributed by atoms with van der Waals surface area (Å²) in [5.74, 6) is 1.05. The second kappa shape index (κ2) is 8.25. The summed E-state index contributed by atoms with van der Waals surface area (Å²) in [4.78, 5) is 14.7. The zero-order valence-corrected chi connectivity index (χ0v) is 18.1. The summed E-state index contributed by atoms with van der Waals surface area (Å²) in [7, 11) is -3.60. The molecule has 0 bridgehead atoms. The highest BCUT2D eigenvalue weighted by atomic mass is 32.2. The van der Waals surface area contributed by atoms with Crippen molar-refractivity contribution in [2.24, 2.45) is 0 Å². The van der Waals surface area contributed by atoms with E-state index in [1.54, 1.807) is 28.9 Å². The SMILES string of the molecule is O=c1cc2c(nn1CCN1CCN(S(=O)(=O)c3ccc4c(c3)OCCO4)CC1)CCC2. The number of sulfonamides is 1. The van der Waals surface area contributed by atoms with Crippen LogP contribution in [0.25, 0.3) is 0 Å². The fourth-order valence-electron chi connectivity index (χ4n) is 4.36. The van der Waals surface area contributed by atoms with E-state index in [1.807, 2.05) is 0 Å². The molecular formula is C21H26N4O5S. The van der Waals surface area contributed by atoms with Crippen molar-refractivity contribution in [2.75, 3.05) is 45.9 Å². The quantitative estimate of drug-likeness (QED) is 0.661. The number of aromatic nitrogens is 2. The molecule has 3 aliphatic rings. The standard InChI is InChI=1S/C21H26N4O5S/c26-21-14-16-2-1-3-18(16)22-25(21)11-8-23-6-9-24(10-7-23)31(27,28)17-4-5-19-20(15-17)30-13-12-29-19/h4-5,14-15H,1-3,6-13H2. The maximum atomic E-state index is 13.1. The molecule has 1 aromatic heterocycles. The number of benzene rings is 1. The van der Waals surface area contributed by atoms with Gasteiger partial charge in [-0.1, -0.05) is 0 Å². The number of ether oxygens (including phenoxy) is 2. The Labute approximate surface area is 181 Å². The van der Waals surface area contributed by atoms with E-state index in [-0.39, 0.29) is 10.5 Å². The molecule has 2 aliphatic heterocycles. The van der Waals surface area contributed by atoms with Crippen LogP contribution in [-0.2, 0) is 29.4 Å². The average molecular weight is 447 g/mol. The number of piperazine rings is 1. The fourth-order valence-corrected chi connectivity index (χ4v) is 5.80. The van der Waals surface area contributed by atoms with Gasteiger partial charge in [-0.15, -0.1) is 0 Å². The monoisotopic (exact) mass is 446 g/mol. The molecule has 2 aromatic rings. The van der Waals surface area contributed by atoms with Crippen LogP contribution in [-0.4, -0.2) is 73.3 Å². The Morgan fingerprint density at radius 2 is 1.71 bits per heavy atom. The van der Waals surface area contributed by atoms with E-state index in [9.17, 15) is 13.2 Å². The second-order valence-corrected chi connectivity index (χ2v) is 10.0. The third-order valence-corrected chi connectivity index (χ3v) is 8.03. The van der Waals surface area contributed by atoms with Crippen molar-refractivity contribution < 1.29 is 17.9 Å². The Hall–Kier alpha value is -2.43. The summed E-state index contributed by atoms with van der Waals surface area (Å²) in [5, 5.41) is 4.52. The first kappa shape index (κ1) is 20.5. The molecule has 166 valence electrons. The molecule has 1 aliphatic carbocycles. The van der Waals surface area contributed by atoms with Crippen molar-refractivity contribution in [3.05, 3.63) is 45.9 Å². The minimum atomic E-state index is -3.60. The maximum absolute atomic E-state index is 13.1. The fraction of sp³-hybridized carbons (Fsp3) is 0.524. The maximum Gasteiger partial charge on any atom is 0.267 e. The molecule has 0 spiro atoms. The van der Waals surface area contributed by atoms with E-state index in [1.165, 1.54) is 4.31 Å². The van der Waals surface area contributed by atoms with E-state index in [0.717, 1.165) is 30.5 Å². The highest BCUT2D eigenvalue weighted by Gasteiger charge is 2.29. The van der Waals surface area contributed by atoms with Gasteiger partial charge in [0, 0.05) is 44.9 Å². The molecule has 10 heteroatoms. The van der Waals surface area contributed by atoms with E-state index in [0.29, 0.717) is 64.0 Å². The van der Waals surface area contributed by atoms with Crippen molar-refractivity contribution in [2.45, 2.75) is 30.7 Å². The highest BCUT2D eigenvalue weighted by Crippen LogP contribution is 2.33. The molecule has 3 heterocycles. The molecule has 1 saturated heterocycles. The molecule has 0 amide bonds. The molecule has 9 nitrogen and oxygen atoms in total. The number of rotatable bonds is 5. The van der Waals surface area contributed by atoms with Crippen molar-refractivity contribution in [1.29, 1.82) is 0 Å². The largest absolute Gasteiger partial charge is 0.486 e. The Balaban J connectivity index is 1.20. The molecule has 0 unspecified atom stereocenters. The van der Waals surface area contributed by atoms with Crippen molar-refractivity contribution >= 4 is 10.0 Å². The van der Waals surface area contributed by atoms with Crippen LogP contribution < -0.4 is 15.0 Å². The number of nitrogens with zero attached hydrogens (tertiary/aromatic N) is 4. The normalized spacial score (nSPS) is 19.4. The van der Waals surface area contributed by atoms with Gasteiger partial charge in [-0.05, 0) is 37.0 Å². The zero-order chi connectivity index (χ0) is 21.4. The predicted molar refractivity (Wildman–Crippen MR) is 113 cm³/mol. The summed E-state index contributed by atoms with van der Waals surface area (Å²) < 4.78 is 40.2. The molecule has 0 saturated carbocycles. The van der Waals surface area contributed by atoms with Crippen molar-refractivity contribution in [1.82, 2.24) is 19.0 Å². The summed E-state index contributed by atoms with van der Waals surface area (Å²) in [5.41, 5.74) is 2.06. The lowest BCUT2D eigenvalue weighted by atomic mass is 10.2. The van der Waals surface area contributed by atoms with Crippen LogP contribution in [0.1, 0.15) is 17.7 Å². The van der Waals surface area contributed by atoms with Gasteiger partial charge in [-0.2, -0.15) is 9.40 Å². The average Bonchev–Trinajstić information content (AvgIpc) is 3.24. The number of aryl methyl sites for hydroxylation is 2. The topological polar surface area (TPSA) is 94.0 Å². The van der Waals surface area contributed by atoms with Gasteiger partial charge in [0.1, 0.15) is 13.2 Å². The lowest BCUT2D eigenvalue weighted by molar-refractivity contribution is 0.170. The molecular weight excluding hydrogens is 420 g/mol. The molecule has 31 heavy (non-hydrogen) atoms. The van der Waals surface area contributed by atoms with Crippen LogP contribution in [0.4, 0.5) is 0 Å². The third-order valence-electron chi connectivity index (χ3n) is 6.13. The number of hydrogen-bond donors (Lipinski definition) is 0. The number of hydrogen-bond acceptors (Lipinski definition) is 7. The molecule has 0 atom stereocenters. The molecule has 0 radical (unpaired) electrons. The zero-order valence-electron chi connectivity index (χ0n) is 17.3. The van der Waals surface area contributed by atoms with Gasteiger partial charge in [-0.25, -0.2) is 13.1 Å². The van der Waals surface area contributed by atoms with Gasteiger partial charge in [0.15, 0.2) is 11.5 Å². The van der Waals surface area contributed by atoms with Gasteiger partial charge in [-0.3, -0.25) is 9.69 Å². The third kappa shape index (κ3) is 4.07. The van der Waals surface area contributed by atoms with Crippen LogP contribution >= 0.6 is 0 Å². The second-order valence-electron chi connectivity index (χ2n) is 8.08. The summed E-state index contributed by atoms with van der Waals surface area (Å²) in [6.07, 6.45) is 2.94. The lowest BCUT2D eigenvalue weighted by Gasteiger charge is -2.34. The van der Waals surface area contributed by atoms with Crippen LogP contribution in [0, 0.1) is 0 Å². The predicted octanol–water partition coefficient (Wildman–Crippen LogP) is 0.510. The number of fused-ring (bicyclic) bond motifs is 2. The van der Waals surface area contributed by atoms with E-state index < -0.39 is 10.0 Å². The van der Waals surface area contributed by atoms with E-state index in [4.69, 9.17) is 9.47 Å². The van der Waals surface area contributed by atoms with Crippen LogP contribution in [0.3, 0.4) is 0 Å². The highest BCUT2D eigenvalue weighted by molar-refractivity contribution is 7.89. The Morgan fingerprint density at radius 3 is 2.52 bits per heavy atom. The van der Waals surface area contributed by atoms with E-state index in [2.05, 4.69) is 10.00 Å². The van der Waals surface area contributed by atoms with E-state index >= 15 is 0 Å². The molecule has 5 rings (SSSR count). The van der Waals surface area contributed by atoms with Gasteiger partial charge < -0.3 is 9.47 Å². The minimum Gasteiger partial charge on any atom is -0.486 e. The smallest absolute Gasteiger partial charge is 0.267 e. The van der Waals surface area contributed by atoms with Gasteiger partial charge in [0.2, 0.25) is 10.0 Å². The van der Waals surface area contributed by atoms with Crippen molar-refractivity contribution in [3.63, 3.8) is 0 Å². The van der Waals surface area contributed by atoms with Crippen LogP contribution in [0.15, 0.2) is 34.0 Å². The summed E-state index contributed by atoms with van der Waals surface area (Å²) >= 11 is 0. The molecule has 1 fully saturated rings. The van der Waals surface area contributed by atoms with Crippen LogP contribution in [0.2, 0.25) is 0 Å². The van der Waals surface area contributed by atoms with Gasteiger partial charge in [0.25, 0.3) is 5.56 Å². The first-order valence-corrected chi connectivity index (χ1v) is 12.2. The molecule has 1 aromatic carbocycles. The van der Waals surface area contributed by atoms with Gasteiger partial charge >= 0.3 is 0 Å². The first-order valence-electron chi connectivity index (χ1n) is 10.7. The Kier molecular flexibility index (Phi) is 5.45. The summed E-state index contributed by atoms with van der Waals surface area (Å²) in [6, 6.07) is 6.48. The lowest BCUT2D eigenvalue weighted by Crippen LogP contribution is -2.49.